The molecule has 0 aliphatic carbocycles. The molecule has 11 heavy (non-hydrogen) atoms. The van der Waals surface area contributed by atoms with Crippen LogP contribution >= 0.6 is 0 Å². The highest BCUT2D eigenvalue weighted by Crippen LogP contribution is 1.98. The summed E-state index contributed by atoms with van der Waals surface area (Å²) in [5.74, 6) is 0. The number of aliphatic hydroxyl groups is 1. The van der Waals surface area contributed by atoms with E-state index >= 15 is 0 Å². The zero-order valence-corrected chi connectivity index (χ0v) is 6.33. The van der Waals surface area contributed by atoms with Crippen LogP contribution in [-0.4, -0.2) is 43.5 Å². The van der Waals surface area contributed by atoms with Gasteiger partial charge in [-0.05, 0) is 0 Å². The van der Waals surface area contributed by atoms with Crippen molar-refractivity contribution in [2.24, 2.45) is 0 Å². The first-order valence-corrected chi connectivity index (χ1v) is 3.47. The normalized spacial score (nSPS) is 30.0. The van der Waals surface area contributed by atoms with Crippen LogP contribution in [0, 0.1) is 0 Å². The van der Waals surface area contributed by atoms with Crippen molar-refractivity contribution in [1.29, 1.82) is 0 Å². The predicted octanol–water partition coefficient (Wildman–Crippen LogP) is -1.32. The summed E-state index contributed by atoms with van der Waals surface area (Å²) >= 11 is 0. The van der Waals surface area contributed by atoms with Crippen molar-refractivity contribution in [3.8, 4) is 0 Å². The number of amides is 1. The Kier molecular flexibility index (Phi) is 2.67. The smallest absolute Gasteiger partial charge is 0.407 e. The van der Waals surface area contributed by atoms with E-state index in [1.54, 1.807) is 0 Å². The Morgan fingerprint density at radius 2 is 2.45 bits per heavy atom. The van der Waals surface area contributed by atoms with Gasteiger partial charge in [-0.1, -0.05) is 0 Å². The molecule has 0 aromatic heterocycles. The number of aliphatic hydroxyl groups excluding tert-OH is 1. The quantitative estimate of drug-likeness (QED) is 0.444. The molecule has 2 atom stereocenters. The van der Waals surface area contributed by atoms with Crippen molar-refractivity contribution in [1.82, 2.24) is 10.6 Å². The number of nitrogens with one attached hydrogen (secondary N) is 2. The number of ether oxygens (including phenoxy) is 1. The third-order valence-corrected chi connectivity index (χ3v) is 1.67. The van der Waals surface area contributed by atoms with Crippen LogP contribution in [0.15, 0.2) is 0 Å². The van der Waals surface area contributed by atoms with E-state index in [0.717, 1.165) is 0 Å². The molecule has 0 radical (unpaired) electrons. The highest BCUT2D eigenvalue weighted by molar-refractivity contribution is 5.67. The van der Waals surface area contributed by atoms with E-state index in [-0.39, 0.29) is 6.04 Å². The number of methoxy groups -OCH3 is 1. The molecule has 0 saturated carbocycles. The second-order valence-corrected chi connectivity index (χ2v) is 2.47. The van der Waals surface area contributed by atoms with E-state index in [9.17, 15) is 9.90 Å². The van der Waals surface area contributed by atoms with Crippen LogP contribution < -0.4 is 10.6 Å². The molecule has 1 amide bonds. The topological polar surface area (TPSA) is 70.6 Å². The maximum Gasteiger partial charge on any atom is 0.407 e. The average Bonchev–Trinajstić information content (AvgIpc) is 2.37. The van der Waals surface area contributed by atoms with Crippen molar-refractivity contribution in [3.63, 3.8) is 0 Å². The zero-order chi connectivity index (χ0) is 8.27. The van der Waals surface area contributed by atoms with E-state index in [2.05, 4.69) is 15.4 Å². The van der Waals surface area contributed by atoms with Gasteiger partial charge in [-0.15, -0.1) is 0 Å². The molecule has 1 fully saturated rings. The molecule has 1 aliphatic heterocycles. The highest BCUT2D eigenvalue weighted by Gasteiger charge is 2.26. The Hall–Kier alpha value is -0.810. The van der Waals surface area contributed by atoms with E-state index in [0.29, 0.717) is 13.1 Å². The minimum Gasteiger partial charge on any atom is -0.453 e. The number of rotatable bonds is 1. The summed E-state index contributed by atoms with van der Waals surface area (Å²) in [5, 5.41) is 14.6. The maximum absolute atomic E-state index is 10.6. The number of alkyl carbamates (subject to hydrolysis) is 1. The summed E-state index contributed by atoms with van der Waals surface area (Å²) in [6.45, 7) is 1.12. The average molecular weight is 160 g/mol. The number of hydrogen-bond donors (Lipinski definition) is 3. The first kappa shape index (κ1) is 8.29. The van der Waals surface area contributed by atoms with Crippen LogP contribution in [0.3, 0.4) is 0 Å². The third-order valence-electron chi connectivity index (χ3n) is 1.67. The maximum atomic E-state index is 10.6. The van der Waals surface area contributed by atoms with E-state index in [1.165, 1.54) is 7.11 Å². The fourth-order valence-electron chi connectivity index (χ4n) is 1.02. The van der Waals surface area contributed by atoms with Crippen molar-refractivity contribution in [2.45, 2.75) is 12.1 Å². The summed E-state index contributed by atoms with van der Waals surface area (Å²) in [4.78, 5) is 10.6. The predicted molar refractivity (Wildman–Crippen MR) is 38.2 cm³/mol. The van der Waals surface area contributed by atoms with Crippen molar-refractivity contribution >= 4 is 6.09 Å². The highest BCUT2D eigenvalue weighted by atomic mass is 16.5. The Balaban J connectivity index is 2.30. The van der Waals surface area contributed by atoms with Gasteiger partial charge in [0.25, 0.3) is 0 Å². The van der Waals surface area contributed by atoms with Crippen LogP contribution in [0.2, 0.25) is 0 Å². The molecule has 5 heteroatoms. The first-order chi connectivity index (χ1) is 5.24. The van der Waals surface area contributed by atoms with Gasteiger partial charge in [-0.25, -0.2) is 4.79 Å². The van der Waals surface area contributed by atoms with Crippen molar-refractivity contribution < 1.29 is 14.6 Å². The summed E-state index contributed by atoms with van der Waals surface area (Å²) in [6, 6.07) is -0.220. The standard InChI is InChI=1S/C6H12N2O3/c1-11-6(10)8-4-2-7-3-5(4)9/h4-5,7,9H,2-3H2,1H3,(H,8,10). The Morgan fingerprint density at radius 1 is 1.73 bits per heavy atom. The van der Waals surface area contributed by atoms with Gasteiger partial charge in [-0.3, -0.25) is 0 Å². The molecular weight excluding hydrogens is 148 g/mol. The van der Waals surface area contributed by atoms with Crippen LogP contribution in [-0.2, 0) is 4.74 Å². The Morgan fingerprint density at radius 3 is 2.91 bits per heavy atom. The lowest BCUT2D eigenvalue weighted by Crippen LogP contribution is -2.42. The number of carbonyl (C=O) groups is 1. The largest absolute Gasteiger partial charge is 0.453 e. The van der Waals surface area contributed by atoms with Gasteiger partial charge in [0.2, 0.25) is 0 Å². The molecule has 1 aliphatic rings. The zero-order valence-electron chi connectivity index (χ0n) is 6.33. The van der Waals surface area contributed by atoms with Crippen LogP contribution in [0.25, 0.3) is 0 Å². The molecule has 64 valence electrons. The van der Waals surface area contributed by atoms with E-state index in [1.807, 2.05) is 0 Å². The third kappa shape index (κ3) is 2.06. The van der Waals surface area contributed by atoms with Gasteiger partial charge in [0.15, 0.2) is 0 Å². The minimum absolute atomic E-state index is 0.220. The van der Waals surface area contributed by atoms with E-state index < -0.39 is 12.2 Å². The van der Waals surface area contributed by atoms with Gasteiger partial charge in [0.1, 0.15) is 0 Å². The molecule has 1 saturated heterocycles. The summed E-state index contributed by atoms with van der Waals surface area (Å²) in [6.07, 6.45) is -1.01. The van der Waals surface area contributed by atoms with Gasteiger partial charge >= 0.3 is 6.09 Å². The molecule has 2 unspecified atom stereocenters. The van der Waals surface area contributed by atoms with Crippen molar-refractivity contribution in [2.75, 3.05) is 20.2 Å². The van der Waals surface area contributed by atoms with Crippen LogP contribution in [0.5, 0.6) is 0 Å². The van der Waals surface area contributed by atoms with E-state index in [4.69, 9.17) is 0 Å². The van der Waals surface area contributed by atoms with Crippen LogP contribution in [0.1, 0.15) is 0 Å². The second kappa shape index (κ2) is 3.54. The molecule has 5 nitrogen and oxygen atoms in total. The Labute approximate surface area is 64.7 Å². The molecule has 0 aromatic carbocycles. The van der Waals surface area contributed by atoms with Gasteiger partial charge < -0.3 is 20.5 Å². The lowest BCUT2D eigenvalue weighted by Gasteiger charge is -2.13. The van der Waals surface area contributed by atoms with Crippen LogP contribution in [0.4, 0.5) is 4.79 Å². The number of hydrogen-bond acceptors (Lipinski definition) is 4. The first-order valence-electron chi connectivity index (χ1n) is 3.47. The SMILES string of the molecule is COC(=O)NC1CNCC1O. The lowest BCUT2D eigenvalue weighted by molar-refractivity contribution is 0.137. The Bertz CT molecular complexity index is 151. The monoisotopic (exact) mass is 160 g/mol. The lowest BCUT2D eigenvalue weighted by atomic mass is 10.2. The molecular formula is C6H12N2O3. The summed E-state index contributed by atoms with van der Waals surface area (Å²) < 4.78 is 4.37. The minimum atomic E-state index is -0.505. The molecule has 0 bridgehead atoms. The second-order valence-electron chi connectivity index (χ2n) is 2.47. The van der Waals surface area contributed by atoms with Gasteiger partial charge in [0.05, 0.1) is 19.3 Å². The number of carbonyl (C=O) groups excluding carboxylic acids is 1. The summed E-state index contributed by atoms with van der Waals surface area (Å²) in [5.41, 5.74) is 0. The fourth-order valence-corrected chi connectivity index (χ4v) is 1.02. The molecule has 1 rings (SSSR count). The molecule has 0 aromatic rings. The fraction of sp³-hybridized carbons (Fsp3) is 0.833. The molecule has 3 N–H and O–H groups in total. The summed E-state index contributed by atoms with van der Waals surface area (Å²) in [7, 11) is 1.30. The van der Waals surface area contributed by atoms with Gasteiger partial charge in [0, 0.05) is 13.1 Å². The number of β-amino-alcohol motifs (C(OH)–C–C–N with tert-alkyl or cyclic N) is 1. The van der Waals surface area contributed by atoms with Crippen molar-refractivity contribution in [3.05, 3.63) is 0 Å². The molecule has 1 heterocycles. The van der Waals surface area contributed by atoms with Gasteiger partial charge in [-0.2, -0.15) is 0 Å². The molecule has 0 spiro atoms.